The SMILES string of the molecule is CCC1CCCN1C(=O)c1ccncc1C(=O)O. The van der Waals surface area contributed by atoms with E-state index in [0.717, 1.165) is 19.3 Å². The first-order valence-electron chi connectivity index (χ1n) is 6.13. The van der Waals surface area contributed by atoms with Gasteiger partial charge in [-0.15, -0.1) is 0 Å². The van der Waals surface area contributed by atoms with Crippen LogP contribution in [-0.2, 0) is 0 Å². The molecule has 5 nitrogen and oxygen atoms in total. The Labute approximate surface area is 105 Å². The van der Waals surface area contributed by atoms with Crippen LogP contribution in [0, 0.1) is 0 Å². The zero-order valence-electron chi connectivity index (χ0n) is 10.3. The van der Waals surface area contributed by atoms with Gasteiger partial charge in [0.1, 0.15) is 0 Å². The lowest BCUT2D eigenvalue weighted by Gasteiger charge is -2.24. The highest BCUT2D eigenvalue weighted by atomic mass is 16.4. The number of hydrogen-bond donors (Lipinski definition) is 1. The fourth-order valence-electron chi connectivity index (χ4n) is 2.43. The summed E-state index contributed by atoms with van der Waals surface area (Å²) in [6.07, 6.45) is 5.57. The van der Waals surface area contributed by atoms with Crippen LogP contribution in [0.3, 0.4) is 0 Å². The zero-order valence-corrected chi connectivity index (χ0v) is 10.3. The first-order valence-corrected chi connectivity index (χ1v) is 6.13. The minimum Gasteiger partial charge on any atom is -0.478 e. The Balaban J connectivity index is 2.31. The lowest BCUT2D eigenvalue weighted by atomic mass is 10.1. The number of rotatable bonds is 3. The van der Waals surface area contributed by atoms with E-state index in [-0.39, 0.29) is 23.1 Å². The Hall–Kier alpha value is -1.91. The van der Waals surface area contributed by atoms with Crippen LogP contribution in [0.25, 0.3) is 0 Å². The molecule has 0 radical (unpaired) electrons. The summed E-state index contributed by atoms with van der Waals surface area (Å²) in [5, 5.41) is 9.07. The van der Waals surface area contributed by atoms with Crippen LogP contribution in [0.1, 0.15) is 46.9 Å². The molecule has 1 saturated heterocycles. The van der Waals surface area contributed by atoms with E-state index in [4.69, 9.17) is 5.11 Å². The number of carboxylic acid groups (broad SMARTS) is 1. The standard InChI is InChI=1S/C13H16N2O3/c1-2-9-4-3-7-15(9)12(16)10-5-6-14-8-11(10)13(17)18/h5-6,8-9H,2-4,7H2,1H3,(H,17,18). The number of carboxylic acids is 1. The van der Waals surface area contributed by atoms with Crippen molar-refractivity contribution in [1.82, 2.24) is 9.88 Å². The van der Waals surface area contributed by atoms with Crippen LogP contribution in [0.15, 0.2) is 18.5 Å². The lowest BCUT2D eigenvalue weighted by Crippen LogP contribution is -2.36. The van der Waals surface area contributed by atoms with Crippen molar-refractivity contribution >= 4 is 11.9 Å². The van der Waals surface area contributed by atoms with E-state index < -0.39 is 5.97 Å². The molecule has 0 aliphatic carbocycles. The summed E-state index contributed by atoms with van der Waals surface area (Å²) in [7, 11) is 0. The molecule has 5 heteroatoms. The van der Waals surface area contributed by atoms with Crippen molar-refractivity contribution in [2.45, 2.75) is 32.2 Å². The molecule has 2 rings (SSSR count). The van der Waals surface area contributed by atoms with Crippen LogP contribution >= 0.6 is 0 Å². The van der Waals surface area contributed by atoms with Crippen molar-refractivity contribution < 1.29 is 14.7 Å². The highest BCUT2D eigenvalue weighted by Gasteiger charge is 2.30. The Morgan fingerprint density at radius 1 is 1.50 bits per heavy atom. The van der Waals surface area contributed by atoms with Crippen LogP contribution in [0.5, 0.6) is 0 Å². The maximum atomic E-state index is 12.4. The number of aromatic carboxylic acids is 1. The predicted octanol–water partition coefficient (Wildman–Crippen LogP) is 1.79. The third-order valence-electron chi connectivity index (χ3n) is 3.39. The molecule has 18 heavy (non-hydrogen) atoms. The third kappa shape index (κ3) is 2.20. The molecule has 1 atom stereocenters. The maximum absolute atomic E-state index is 12.4. The van der Waals surface area contributed by atoms with Gasteiger partial charge in [0.15, 0.2) is 0 Å². The van der Waals surface area contributed by atoms with Gasteiger partial charge in [-0.25, -0.2) is 4.79 Å². The Bertz CT molecular complexity index is 473. The van der Waals surface area contributed by atoms with Gasteiger partial charge in [0, 0.05) is 25.0 Å². The largest absolute Gasteiger partial charge is 0.478 e. The van der Waals surface area contributed by atoms with Gasteiger partial charge >= 0.3 is 5.97 Å². The van der Waals surface area contributed by atoms with Crippen molar-refractivity contribution in [3.05, 3.63) is 29.6 Å². The molecular weight excluding hydrogens is 232 g/mol. The Morgan fingerprint density at radius 3 is 2.94 bits per heavy atom. The summed E-state index contributed by atoms with van der Waals surface area (Å²) in [4.78, 5) is 29.0. The summed E-state index contributed by atoms with van der Waals surface area (Å²) >= 11 is 0. The summed E-state index contributed by atoms with van der Waals surface area (Å²) < 4.78 is 0. The van der Waals surface area contributed by atoms with Crippen molar-refractivity contribution in [3.63, 3.8) is 0 Å². The number of aromatic nitrogens is 1. The lowest BCUT2D eigenvalue weighted by molar-refractivity contribution is 0.0668. The number of likely N-dealkylation sites (tertiary alicyclic amines) is 1. The van der Waals surface area contributed by atoms with Crippen LogP contribution in [0.2, 0.25) is 0 Å². The van der Waals surface area contributed by atoms with Crippen LogP contribution in [0.4, 0.5) is 0 Å². The molecule has 1 aromatic heterocycles. The number of carbonyl (C=O) groups excluding carboxylic acids is 1. The number of amides is 1. The van der Waals surface area contributed by atoms with E-state index in [2.05, 4.69) is 4.98 Å². The molecule has 1 aliphatic heterocycles. The highest BCUT2D eigenvalue weighted by molar-refractivity contribution is 6.04. The molecule has 1 aliphatic rings. The quantitative estimate of drug-likeness (QED) is 0.885. The van der Waals surface area contributed by atoms with Gasteiger partial charge < -0.3 is 10.0 Å². The molecule has 1 fully saturated rings. The fraction of sp³-hybridized carbons (Fsp3) is 0.462. The summed E-state index contributed by atoms with van der Waals surface area (Å²) in [6.45, 7) is 2.75. The first kappa shape index (κ1) is 12.5. The van der Waals surface area contributed by atoms with Gasteiger partial charge in [0.25, 0.3) is 5.91 Å². The Kier molecular flexibility index (Phi) is 3.60. The third-order valence-corrected chi connectivity index (χ3v) is 3.39. The molecule has 1 N–H and O–H groups in total. The zero-order chi connectivity index (χ0) is 13.1. The summed E-state index contributed by atoms with van der Waals surface area (Å²) in [5.74, 6) is -1.31. The number of pyridine rings is 1. The summed E-state index contributed by atoms with van der Waals surface area (Å²) in [6, 6.07) is 1.71. The average molecular weight is 248 g/mol. The molecule has 0 spiro atoms. The molecule has 1 unspecified atom stereocenters. The summed E-state index contributed by atoms with van der Waals surface area (Å²) in [5.41, 5.74) is 0.210. The monoisotopic (exact) mass is 248 g/mol. The van der Waals surface area contributed by atoms with E-state index in [9.17, 15) is 9.59 Å². The average Bonchev–Trinajstić information content (AvgIpc) is 2.86. The van der Waals surface area contributed by atoms with Gasteiger partial charge in [0.05, 0.1) is 11.1 Å². The van der Waals surface area contributed by atoms with Crippen molar-refractivity contribution in [2.75, 3.05) is 6.54 Å². The van der Waals surface area contributed by atoms with E-state index in [1.54, 1.807) is 4.90 Å². The van der Waals surface area contributed by atoms with Crippen LogP contribution in [-0.4, -0.2) is 39.5 Å². The molecule has 0 aromatic carbocycles. The van der Waals surface area contributed by atoms with E-state index >= 15 is 0 Å². The first-order chi connectivity index (χ1) is 8.65. The molecule has 96 valence electrons. The van der Waals surface area contributed by atoms with Crippen molar-refractivity contribution in [2.24, 2.45) is 0 Å². The smallest absolute Gasteiger partial charge is 0.338 e. The van der Waals surface area contributed by atoms with Crippen molar-refractivity contribution in [3.8, 4) is 0 Å². The highest BCUT2D eigenvalue weighted by Crippen LogP contribution is 2.23. The maximum Gasteiger partial charge on any atom is 0.338 e. The second-order valence-corrected chi connectivity index (χ2v) is 4.43. The predicted molar refractivity (Wildman–Crippen MR) is 65.5 cm³/mol. The topological polar surface area (TPSA) is 70.5 Å². The van der Waals surface area contributed by atoms with Gasteiger partial charge in [-0.05, 0) is 25.3 Å². The molecule has 1 amide bonds. The molecule has 0 saturated carbocycles. The van der Waals surface area contributed by atoms with Crippen molar-refractivity contribution in [1.29, 1.82) is 0 Å². The van der Waals surface area contributed by atoms with E-state index in [0.29, 0.717) is 6.54 Å². The number of nitrogens with zero attached hydrogens (tertiary/aromatic N) is 2. The molecule has 2 heterocycles. The number of carbonyl (C=O) groups is 2. The van der Waals surface area contributed by atoms with Crippen LogP contribution < -0.4 is 0 Å². The van der Waals surface area contributed by atoms with Gasteiger partial charge in [-0.3, -0.25) is 9.78 Å². The minimum absolute atomic E-state index is 0.0238. The second-order valence-electron chi connectivity index (χ2n) is 4.43. The van der Waals surface area contributed by atoms with E-state index in [1.165, 1.54) is 18.5 Å². The van der Waals surface area contributed by atoms with Gasteiger partial charge in [0.2, 0.25) is 0 Å². The van der Waals surface area contributed by atoms with E-state index in [1.807, 2.05) is 6.92 Å². The van der Waals surface area contributed by atoms with Gasteiger partial charge in [-0.1, -0.05) is 6.92 Å². The molecular formula is C13H16N2O3. The second kappa shape index (κ2) is 5.16. The Morgan fingerprint density at radius 2 is 2.28 bits per heavy atom. The van der Waals surface area contributed by atoms with Gasteiger partial charge in [-0.2, -0.15) is 0 Å². The fourth-order valence-corrected chi connectivity index (χ4v) is 2.43. The molecule has 0 bridgehead atoms. The molecule has 1 aromatic rings. The normalized spacial score (nSPS) is 18.9. The minimum atomic E-state index is -1.11. The number of hydrogen-bond acceptors (Lipinski definition) is 3.